The molecule has 1 atom stereocenters. The number of thiocarbonyl (C=S) groups is 1. The SMILES string of the molecule is Cc1cc(C)cc(NC(=S)NC[C@H](c2c(F)cccc2Cl)[NH+](C)C)c1. The number of nitrogens with one attached hydrogen (secondary N) is 3. The number of aryl methyl sites for hydroxylation is 2. The summed E-state index contributed by atoms with van der Waals surface area (Å²) >= 11 is 11.6. The fraction of sp³-hybridized carbons (Fsp3) is 0.316. The lowest BCUT2D eigenvalue weighted by molar-refractivity contribution is -0.890. The Balaban J connectivity index is 2.07. The zero-order chi connectivity index (χ0) is 18.6. The topological polar surface area (TPSA) is 28.5 Å². The average molecular weight is 381 g/mol. The van der Waals surface area contributed by atoms with Crippen LogP contribution in [0.1, 0.15) is 22.7 Å². The maximum Gasteiger partial charge on any atom is 0.171 e. The summed E-state index contributed by atoms with van der Waals surface area (Å²) in [5.74, 6) is -0.298. The molecule has 0 aromatic heterocycles. The molecular formula is C19H24ClFN3S+. The van der Waals surface area contributed by atoms with E-state index in [1.807, 2.05) is 40.1 Å². The van der Waals surface area contributed by atoms with Crippen molar-refractivity contribution in [1.29, 1.82) is 0 Å². The van der Waals surface area contributed by atoms with Crippen LogP contribution in [-0.4, -0.2) is 25.8 Å². The third-order valence-electron chi connectivity index (χ3n) is 3.99. The number of benzene rings is 2. The molecule has 0 spiro atoms. The van der Waals surface area contributed by atoms with Gasteiger partial charge in [0.2, 0.25) is 0 Å². The molecule has 0 saturated carbocycles. The van der Waals surface area contributed by atoms with Crippen molar-refractivity contribution in [3.8, 4) is 0 Å². The van der Waals surface area contributed by atoms with Crippen LogP contribution in [0, 0.1) is 19.7 Å². The van der Waals surface area contributed by atoms with E-state index in [2.05, 4.69) is 16.7 Å². The molecule has 6 heteroatoms. The number of hydrogen-bond acceptors (Lipinski definition) is 1. The summed E-state index contributed by atoms with van der Waals surface area (Å²) in [7, 11) is 3.94. The van der Waals surface area contributed by atoms with E-state index in [0.717, 1.165) is 10.6 Å². The first kappa shape index (κ1) is 19.6. The number of hydrogen-bond donors (Lipinski definition) is 3. The Morgan fingerprint density at radius 2 is 1.84 bits per heavy atom. The molecule has 3 nitrogen and oxygen atoms in total. The Morgan fingerprint density at radius 3 is 2.40 bits per heavy atom. The number of likely N-dealkylation sites (N-methyl/N-ethyl adjacent to an activating group) is 1. The van der Waals surface area contributed by atoms with Crippen LogP contribution in [0.2, 0.25) is 5.02 Å². The maximum absolute atomic E-state index is 14.2. The molecule has 0 unspecified atom stereocenters. The number of quaternary nitrogens is 1. The molecule has 134 valence electrons. The van der Waals surface area contributed by atoms with Gasteiger partial charge in [0.25, 0.3) is 0 Å². The number of rotatable bonds is 5. The molecule has 0 amide bonds. The predicted octanol–water partition coefficient (Wildman–Crippen LogP) is 3.27. The molecule has 0 aliphatic heterocycles. The monoisotopic (exact) mass is 380 g/mol. The fourth-order valence-electron chi connectivity index (χ4n) is 2.86. The van der Waals surface area contributed by atoms with Gasteiger partial charge in [-0.3, -0.25) is 0 Å². The van der Waals surface area contributed by atoms with E-state index in [1.165, 1.54) is 17.2 Å². The summed E-state index contributed by atoms with van der Waals surface area (Å²) in [6, 6.07) is 10.8. The summed E-state index contributed by atoms with van der Waals surface area (Å²) in [4.78, 5) is 1.06. The van der Waals surface area contributed by atoms with Crippen LogP contribution in [0.3, 0.4) is 0 Å². The highest BCUT2D eigenvalue weighted by molar-refractivity contribution is 7.80. The van der Waals surface area contributed by atoms with Crippen LogP contribution in [0.4, 0.5) is 10.1 Å². The summed E-state index contributed by atoms with van der Waals surface area (Å²) in [5, 5.41) is 7.30. The normalized spacial score (nSPS) is 12.1. The van der Waals surface area contributed by atoms with Crippen LogP contribution in [-0.2, 0) is 0 Å². The van der Waals surface area contributed by atoms with Crippen molar-refractivity contribution in [3.05, 3.63) is 63.9 Å². The fourth-order valence-corrected chi connectivity index (χ4v) is 3.35. The number of anilines is 1. The lowest BCUT2D eigenvalue weighted by atomic mass is 10.1. The molecule has 0 heterocycles. The van der Waals surface area contributed by atoms with Crippen molar-refractivity contribution in [2.75, 3.05) is 26.0 Å². The van der Waals surface area contributed by atoms with Gasteiger partial charge in [-0.15, -0.1) is 0 Å². The molecule has 2 rings (SSSR count). The molecule has 0 aliphatic carbocycles. The molecule has 0 fully saturated rings. The molecule has 0 radical (unpaired) electrons. The zero-order valence-corrected chi connectivity index (χ0v) is 16.5. The Morgan fingerprint density at radius 1 is 1.20 bits per heavy atom. The summed E-state index contributed by atoms with van der Waals surface area (Å²) < 4.78 is 14.2. The van der Waals surface area contributed by atoms with Gasteiger partial charge >= 0.3 is 0 Å². The second kappa shape index (κ2) is 8.61. The van der Waals surface area contributed by atoms with Crippen molar-refractivity contribution in [3.63, 3.8) is 0 Å². The van der Waals surface area contributed by atoms with Crippen LogP contribution in [0.25, 0.3) is 0 Å². The van der Waals surface area contributed by atoms with E-state index in [-0.39, 0.29) is 11.9 Å². The number of halogens is 2. The molecule has 0 saturated heterocycles. The molecule has 0 aliphatic rings. The van der Waals surface area contributed by atoms with Gasteiger partial charge in [0.15, 0.2) is 5.11 Å². The van der Waals surface area contributed by atoms with Gasteiger partial charge in [0.05, 0.1) is 31.2 Å². The Kier molecular flexibility index (Phi) is 6.76. The van der Waals surface area contributed by atoms with Gasteiger partial charge in [-0.25, -0.2) is 4.39 Å². The van der Waals surface area contributed by atoms with Gasteiger partial charge < -0.3 is 15.5 Å². The average Bonchev–Trinajstić information content (AvgIpc) is 2.48. The summed E-state index contributed by atoms with van der Waals surface area (Å²) in [5.41, 5.74) is 3.77. The minimum atomic E-state index is -0.298. The van der Waals surface area contributed by atoms with Crippen molar-refractivity contribution in [1.82, 2.24) is 5.32 Å². The van der Waals surface area contributed by atoms with E-state index in [1.54, 1.807) is 12.1 Å². The van der Waals surface area contributed by atoms with Gasteiger partial charge in [0, 0.05) is 5.69 Å². The first-order valence-corrected chi connectivity index (χ1v) is 8.93. The van der Waals surface area contributed by atoms with Gasteiger partial charge in [0.1, 0.15) is 11.9 Å². The lowest BCUT2D eigenvalue weighted by Crippen LogP contribution is -3.07. The first-order valence-electron chi connectivity index (χ1n) is 8.15. The van der Waals surface area contributed by atoms with E-state index >= 15 is 0 Å². The Hall–Kier alpha value is -1.69. The molecule has 0 bridgehead atoms. The van der Waals surface area contributed by atoms with Gasteiger partial charge in [-0.2, -0.15) is 0 Å². The quantitative estimate of drug-likeness (QED) is 0.695. The second-order valence-corrected chi connectivity index (χ2v) is 7.29. The summed E-state index contributed by atoms with van der Waals surface area (Å²) in [6.45, 7) is 4.56. The highest BCUT2D eigenvalue weighted by Crippen LogP contribution is 2.24. The highest BCUT2D eigenvalue weighted by Gasteiger charge is 2.24. The van der Waals surface area contributed by atoms with Gasteiger partial charge in [-0.05, 0) is 61.5 Å². The Bertz CT molecular complexity index is 724. The standard InChI is InChI=1S/C19H23ClFN3S/c1-12-8-13(2)10-14(9-12)23-19(25)22-11-17(24(3)4)18-15(20)6-5-7-16(18)21/h5-10,17H,11H2,1-4H3,(H2,22,23,25)/p+1/t17-/m1/s1. The minimum absolute atomic E-state index is 0.160. The van der Waals surface area contributed by atoms with Crippen molar-refractivity contribution in [2.24, 2.45) is 0 Å². The smallest absolute Gasteiger partial charge is 0.171 e. The minimum Gasteiger partial charge on any atom is -0.356 e. The van der Waals surface area contributed by atoms with E-state index in [9.17, 15) is 4.39 Å². The van der Waals surface area contributed by atoms with E-state index < -0.39 is 0 Å². The Labute approximate surface area is 159 Å². The largest absolute Gasteiger partial charge is 0.356 e. The first-order chi connectivity index (χ1) is 11.8. The van der Waals surface area contributed by atoms with E-state index in [0.29, 0.717) is 22.2 Å². The van der Waals surface area contributed by atoms with Crippen LogP contribution >= 0.6 is 23.8 Å². The van der Waals surface area contributed by atoms with Crippen molar-refractivity contribution in [2.45, 2.75) is 19.9 Å². The molecule has 2 aromatic rings. The van der Waals surface area contributed by atoms with Gasteiger partial charge in [-0.1, -0.05) is 23.7 Å². The maximum atomic E-state index is 14.2. The third kappa shape index (κ3) is 5.39. The summed E-state index contributed by atoms with van der Waals surface area (Å²) in [6.07, 6.45) is 0. The highest BCUT2D eigenvalue weighted by atomic mass is 35.5. The predicted molar refractivity (Wildman–Crippen MR) is 107 cm³/mol. The van der Waals surface area contributed by atoms with E-state index in [4.69, 9.17) is 23.8 Å². The van der Waals surface area contributed by atoms with Crippen molar-refractivity contribution < 1.29 is 9.29 Å². The van der Waals surface area contributed by atoms with Crippen LogP contribution in [0.15, 0.2) is 36.4 Å². The molecular weight excluding hydrogens is 357 g/mol. The molecule has 25 heavy (non-hydrogen) atoms. The zero-order valence-electron chi connectivity index (χ0n) is 14.9. The third-order valence-corrected chi connectivity index (χ3v) is 4.57. The van der Waals surface area contributed by atoms with Crippen LogP contribution < -0.4 is 15.5 Å². The second-order valence-electron chi connectivity index (χ2n) is 6.48. The lowest BCUT2D eigenvalue weighted by Gasteiger charge is -2.24. The molecule has 2 aromatic carbocycles. The van der Waals surface area contributed by atoms with Crippen LogP contribution in [0.5, 0.6) is 0 Å². The van der Waals surface area contributed by atoms with Crippen molar-refractivity contribution >= 4 is 34.6 Å². The molecule has 3 N–H and O–H groups in total.